The van der Waals surface area contributed by atoms with Crippen LogP contribution < -0.4 is 5.32 Å². The molecule has 0 saturated carbocycles. The lowest BCUT2D eigenvalue weighted by molar-refractivity contribution is -0.143. The third-order valence-corrected chi connectivity index (χ3v) is 4.21. The standard InChI is InChI=1S/C19H13F7N4O/c20-14-4-2-1-3-11(14)7-8-27-17(31)13-10-29-30(16(13)19(24,25)26)15-6-5-12(9-28-15)18(21,22)23/h1-6,9-10H,7-8H2,(H,27,31). The van der Waals surface area contributed by atoms with Crippen LogP contribution in [0.1, 0.15) is 27.2 Å². The molecule has 0 spiro atoms. The van der Waals surface area contributed by atoms with E-state index in [9.17, 15) is 35.5 Å². The van der Waals surface area contributed by atoms with Gasteiger partial charge < -0.3 is 5.32 Å². The van der Waals surface area contributed by atoms with E-state index in [0.717, 1.165) is 0 Å². The van der Waals surface area contributed by atoms with Crippen LogP contribution in [0.15, 0.2) is 48.8 Å². The first-order valence-corrected chi connectivity index (χ1v) is 8.69. The number of alkyl halides is 6. The van der Waals surface area contributed by atoms with Crippen molar-refractivity contribution in [1.82, 2.24) is 20.1 Å². The first-order chi connectivity index (χ1) is 14.5. The number of hydrogen-bond acceptors (Lipinski definition) is 3. The molecule has 0 fully saturated rings. The van der Waals surface area contributed by atoms with Crippen LogP contribution in [0.2, 0.25) is 0 Å². The van der Waals surface area contributed by atoms with Gasteiger partial charge in [0, 0.05) is 12.7 Å². The van der Waals surface area contributed by atoms with Crippen molar-refractivity contribution in [2.45, 2.75) is 18.8 Å². The Morgan fingerprint density at radius 2 is 1.68 bits per heavy atom. The van der Waals surface area contributed by atoms with E-state index >= 15 is 0 Å². The van der Waals surface area contributed by atoms with Gasteiger partial charge in [-0.3, -0.25) is 4.79 Å². The molecule has 1 aromatic carbocycles. The van der Waals surface area contributed by atoms with E-state index in [1.54, 1.807) is 6.07 Å². The van der Waals surface area contributed by atoms with Gasteiger partial charge in [-0.05, 0) is 30.2 Å². The molecule has 2 aromatic heterocycles. The molecule has 0 atom stereocenters. The molecule has 1 amide bonds. The van der Waals surface area contributed by atoms with E-state index in [0.29, 0.717) is 24.5 Å². The van der Waals surface area contributed by atoms with Gasteiger partial charge in [0.15, 0.2) is 11.5 Å². The first-order valence-electron chi connectivity index (χ1n) is 8.69. The van der Waals surface area contributed by atoms with Crippen molar-refractivity contribution in [2.75, 3.05) is 6.54 Å². The highest BCUT2D eigenvalue weighted by atomic mass is 19.4. The van der Waals surface area contributed by atoms with Gasteiger partial charge in [0.25, 0.3) is 5.91 Å². The summed E-state index contributed by atoms with van der Waals surface area (Å²) in [5.41, 5.74) is -3.22. The maximum Gasteiger partial charge on any atom is 0.434 e. The van der Waals surface area contributed by atoms with E-state index in [1.165, 1.54) is 18.2 Å². The average Bonchev–Trinajstić information content (AvgIpc) is 3.15. The molecule has 0 radical (unpaired) electrons. The highest BCUT2D eigenvalue weighted by Gasteiger charge is 2.41. The quantitative estimate of drug-likeness (QED) is 0.591. The number of amides is 1. The Kier molecular flexibility index (Phi) is 6.00. The van der Waals surface area contributed by atoms with Crippen LogP contribution in [0.25, 0.3) is 5.82 Å². The van der Waals surface area contributed by atoms with E-state index < -0.39 is 46.7 Å². The van der Waals surface area contributed by atoms with Crippen LogP contribution in [0, 0.1) is 5.82 Å². The minimum absolute atomic E-state index is 0.0361. The van der Waals surface area contributed by atoms with Gasteiger partial charge in [-0.1, -0.05) is 18.2 Å². The molecule has 3 aromatic rings. The van der Waals surface area contributed by atoms with Gasteiger partial charge >= 0.3 is 12.4 Å². The zero-order chi connectivity index (χ0) is 22.8. The van der Waals surface area contributed by atoms with Crippen LogP contribution >= 0.6 is 0 Å². The molecule has 1 N–H and O–H groups in total. The third kappa shape index (κ3) is 5.01. The predicted molar refractivity (Wildman–Crippen MR) is 93.8 cm³/mol. The van der Waals surface area contributed by atoms with Crippen molar-refractivity contribution in [2.24, 2.45) is 0 Å². The molecule has 0 unspecified atom stereocenters. The largest absolute Gasteiger partial charge is 0.434 e. The molecule has 164 valence electrons. The van der Waals surface area contributed by atoms with E-state index in [-0.39, 0.29) is 23.2 Å². The maximum atomic E-state index is 13.6. The van der Waals surface area contributed by atoms with Crippen molar-refractivity contribution in [3.8, 4) is 5.82 Å². The number of carbonyl (C=O) groups is 1. The van der Waals surface area contributed by atoms with Crippen molar-refractivity contribution >= 4 is 5.91 Å². The van der Waals surface area contributed by atoms with E-state index in [4.69, 9.17) is 0 Å². The summed E-state index contributed by atoms with van der Waals surface area (Å²) >= 11 is 0. The van der Waals surface area contributed by atoms with Gasteiger partial charge in [0.2, 0.25) is 0 Å². The maximum absolute atomic E-state index is 13.6. The second-order valence-corrected chi connectivity index (χ2v) is 6.32. The number of pyridine rings is 1. The van der Waals surface area contributed by atoms with Gasteiger partial charge in [-0.25, -0.2) is 14.1 Å². The fraction of sp³-hybridized carbons (Fsp3) is 0.211. The zero-order valence-electron chi connectivity index (χ0n) is 15.4. The van der Waals surface area contributed by atoms with Crippen LogP contribution in [-0.4, -0.2) is 27.2 Å². The van der Waals surface area contributed by atoms with Crippen LogP contribution in [0.4, 0.5) is 30.7 Å². The summed E-state index contributed by atoms with van der Waals surface area (Å²) < 4.78 is 92.6. The number of hydrogen-bond donors (Lipinski definition) is 1. The smallest absolute Gasteiger partial charge is 0.352 e. The number of nitrogens with one attached hydrogen (secondary N) is 1. The summed E-state index contributed by atoms with van der Waals surface area (Å²) in [6, 6.07) is 6.99. The average molecular weight is 446 g/mol. The zero-order valence-corrected chi connectivity index (χ0v) is 15.4. The van der Waals surface area contributed by atoms with Gasteiger partial charge in [0.1, 0.15) is 5.82 Å². The van der Waals surface area contributed by atoms with Gasteiger partial charge in [0.05, 0.1) is 17.3 Å². The van der Waals surface area contributed by atoms with Gasteiger partial charge in [-0.15, -0.1) is 0 Å². The molecule has 0 bridgehead atoms. The molecule has 0 saturated heterocycles. The third-order valence-electron chi connectivity index (χ3n) is 4.21. The van der Waals surface area contributed by atoms with Crippen molar-refractivity contribution in [1.29, 1.82) is 0 Å². The molecule has 3 rings (SSSR count). The Morgan fingerprint density at radius 3 is 2.26 bits per heavy atom. The van der Waals surface area contributed by atoms with E-state index in [1.807, 2.05) is 0 Å². The SMILES string of the molecule is O=C(NCCc1ccccc1F)c1cnn(-c2ccc(C(F)(F)F)cn2)c1C(F)(F)F. The van der Waals surface area contributed by atoms with Crippen LogP contribution in [0.3, 0.4) is 0 Å². The molecule has 31 heavy (non-hydrogen) atoms. The molecular weight excluding hydrogens is 433 g/mol. The second-order valence-electron chi connectivity index (χ2n) is 6.32. The van der Waals surface area contributed by atoms with Gasteiger partial charge in [-0.2, -0.15) is 31.4 Å². The number of aromatic nitrogens is 3. The molecule has 0 aliphatic carbocycles. The highest BCUT2D eigenvalue weighted by molar-refractivity contribution is 5.95. The number of rotatable bonds is 5. The first kappa shape index (κ1) is 22.2. The number of carbonyl (C=O) groups excluding carboxylic acids is 1. The minimum Gasteiger partial charge on any atom is -0.352 e. The fourth-order valence-corrected chi connectivity index (χ4v) is 2.75. The summed E-state index contributed by atoms with van der Waals surface area (Å²) in [5, 5.41) is 5.73. The Labute approximate surface area is 170 Å². The molecule has 0 aliphatic rings. The lowest BCUT2D eigenvalue weighted by atomic mass is 10.1. The Bertz CT molecular complexity index is 1070. The van der Waals surface area contributed by atoms with Crippen LogP contribution in [0.5, 0.6) is 0 Å². The fourth-order valence-electron chi connectivity index (χ4n) is 2.75. The lowest BCUT2D eigenvalue weighted by Gasteiger charge is -2.13. The Balaban J connectivity index is 1.84. The summed E-state index contributed by atoms with van der Waals surface area (Å²) in [4.78, 5) is 15.7. The molecule has 12 heteroatoms. The summed E-state index contributed by atoms with van der Waals surface area (Å²) in [5.74, 6) is -2.19. The topological polar surface area (TPSA) is 59.8 Å². The monoisotopic (exact) mass is 446 g/mol. The number of nitrogens with zero attached hydrogens (tertiary/aromatic N) is 3. The number of halogens is 7. The summed E-state index contributed by atoms with van der Waals surface area (Å²) in [6.45, 7) is -0.152. The molecule has 0 aliphatic heterocycles. The molecule has 2 heterocycles. The normalized spacial score (nSPS) is 12.1. The molecular formula is C19H13F7N4O. The summed E-state index contributed by atoms with van der Waals surface area (Å²) in [7, 11) is 0. The molecule has 5 nitrogen and oxygen atoms in total. The minimum atomic E-state index is -5.06. The Hall–Kier alpha value is -3.44. The second kappa shape index (κ2) is 8.36. The lowest BCUT2D eigenvalue weighted by Crippen LogP contribution is -2.28. The number of benzene rings is 1. The predicted octanol–water partition coefficient (Wildman–Crippen LogP) is 4.42. The van der Waals surface area contributed by atoms with Crippen molar-refractivity contribution < 1.29 is 35.5 Å². The van der Waals surface area contributed by atoms with Crippen molar-refractivity contribution in [3.05, 3.63) is 77.0 Å². The Morgan fingerprint density at radius 1 is 0.968 bits per heavy atom. The van der Waals surface area contributed by atoms with Crippen molar-refractivity contribution in [3.63, 3.8) is 0 Å². The summed E-state index contributed by atoms with van der Waals surface area (Å²) in [6.07, 6.45) is -8.73. The van der Waals surface area contributed by atoms with E-state index in [2.05, 4.69) is 15.4 Å². The highest BCUT2D eigenvalue weighted by Crippen LogP contribution is 2.34. The van der Waals surface area contributed by atoms with Crippen LogP contribution in [-0.2, 0) is 18.8 Å².